The number of methoxy groups -OCH3 is 2. The number of aromatic nitrogens is 1. The van der Waals surface area contributed by atoms with Crippen LogP contribution >= 0.6 is 23.2 Å². The normalized spacial score (nSPS) is 10.4. The molecule has 0 spiro atoms. The fraction of sp³-hybridized carbons (Fsp3) is 0.294. The molecule has 0 atom stereocenters. The molecule has 0 aliphatic carbocycles. The summed E-state index contributed by atoms with van der Waals surface area (Å²) in [5.74, 6) is 0.604. The standard InChI is InChI=1S/C17H17Cl2NO5/c1-23-15-4-3-10(16(17(15)24-2)25-6-5-21)14(22)7-11-12(18)8-20-9-13(11)19/h3-4,8-9,21H,5-7H2,1-2H3. The number of rotatable bonds is 8. The molecule has 1 N–H and O–H groups in total. The molecular weight excluding hydrogens is 369 g/mol. The van der Waals surface area contributed by atoms with Gasteiger partial charge >= 0.3 is 0 Å². The summed E-state index contributed by atoms with van der Waals surface area (Å²) >= 11 is 12.2. The predicted molar refractivity (Wildman–Crippen MR) is 94.4 cm³/mol. The van der Waals surface area contributed by atoms with Crippen LogP contribution in [-0.2, 0) is 6.42 Å². The van der Waals surface area contributed by atoms with E-state index in [1.54, 1.807) is 12.1 Å². The Morgan fingerprint density at radius 1 is 1.12 bits per heavy atom. The monoisotopic (exact) mass is 385 g/mol. The van der Waals surface area contributed by atoms with Crippen molar-refractivity contribution in [1.82, 2.24) is 4.98 Å². The van der Waals surface area contributed by atoms with Gasteiger partial charge in [-0.15, -0.1) is 0 Å². The number of nitrogens with zero attached hydrogens (tertiary/aromatic N) is 1. The molecule has 0 bridgehead atoms. The van der Waals surface area contributed by atoms with Crippen molar-refractivity contribution in [1.29, 1.82) is 0 Å². The average Bonchev–Trinajstić information content (AvgIpc) is 2.61. The van der Waals surface area contributed by atoms with Crippen molar-refractivity contribution in [3.63, 3.8) is 0 Å². The zero-order chi connectivity index (χ0) is 18.4. The highest BCUT2D eigenvalue weighted by Gasteiger charge is 2.22. The largest absolute Gasteiger partial charge is 0.493 e. The maximum atomic E-state index is 12.8. The van der Waals surface area contributed by atoms with Crippen molar-refractivity contribution >= 4 is 29.0 Å². The Hall–Kier alpha value is -2.02. The minimum Gasteiger partial charge on any atom is -0.493 e. The van der Waals surface area contributed by atoms with Gasteiger partial charge in [0.05, 0.1) is 36.4 Å². The number of hydrogen-bond donors (Lipinski definition) is 1. The van der Waals surface area contributed by atoms with Crippen molar-refractivity contribution in [2.45, 2.75) is 6.42 Å². The smallest absolute Gasteiger partial charge is 0.204 e. The number of aliphatic hydroxyl groups excluding tert-OH is 1. The van der Waals surface area contributed by atoms with Gasteiger partial charge in [-0.2, -0.15) is 0 Å². The van der Waals surface area contributed by atoms with Crippen LogP contribution in [0.3, 0.4) is 0 Å². The first-order chi connectivity index (χ1) is 12.0. The Kier molecular flexibility index (Phi) is 6.87. The average molecular weight is 386 g/mol. The van der Waals surface area contributed by atoms with Crippen LogP contribution in [0.2, 0.25) is 10.0 Å². The topological polar surface area (TPSA) is 77.9 Å². The van der Waals surface area contributed by atoms with Crippen LogP contribution in [0.1, 0.15) is 15.9 Å². The summed E-state index contributed by atoms with van der Waals surface area (Å²) in [5.41, 5.74) is 0.751. The number of ether oxygens (including phenoxy) is 3. The van der Waals surface area contributed by atoms with Gasteiger partial charge in [0.15, 0.2) is 17.3 Å². The molecule has 1 heterocycles. The van der Waals surface area contributed by atoms with E-state index in [0.29, 0.717) is 21.4 Å². The van der Waals surface area contributed by atoms with Crippen LogP contribution in [0, 0.1) is 0 Å². The Bertz CT molecular complexity index is 747. The van der Waals surface area contributed by atoms with Gasteiger partial charge in [-0.3, -0.25) is 9.78 Å². The van der Waals surface area contributed by atoms with E-state index in [9.17, 15) is 4.79 Å². The number of carbonyl (C=O) groups is 1. The third kappa shape index (κ3) is 4.34. The minimum absolute atomic E-state index is 0.000572. The lowest BCUT2D eigenvalue weighted by Gasteiger charge is -2.17. The van der Waals surface area contributed by atoms with Crippen LogP contribution in [0.15, 0.2) is 24.5 Å². The van der Waals surface area contributed by atoms with E-state index in [4.69, 9.17) is 42.5 Å². The van der Waals surface area contributed by atoms with E-state index in [1.807, 2.05) is 0 Å². The number of benzene rings is 1. The second-order valence-electron chi connectivity index (χ2n) is 4.93. The molecule has 0 radical (unpaired) electrons. The molecule has 1 aromatic carbocycles. The van der Waals surface area contributed by atoms with Gasteiger partial charge in [-0.1, -0.05) is 23.2 Å². The van der Waals surface area contributed by atoms with Crippen LogP contribution in [0.4, 0.5) is 0 Å². The number of halogens is 2. The van der Waals surface area contributed by atoms with Gasteiger partial charge in [0.2, 0.25) is 5.75 Å². The van der Waals surface area contributed by atoms with E-state index in [2.05, 4.69) is 4.98 Å². The summed E-state index contributed by atoms with van der Waals surface area (Å²) in [7, 11) is 2.92. The van der Waals surface area contributed by atoms with E-state index in [-0.39, 0.29) is 42.5 Å². The van der Waals surface area contributed by atoms with Gasteiger partial charge in [0, 0.05) is 24.4 Å². The number of hydrogen-bond acceptors (Lipinski definition) is 6. The molecule has 0 unspecified atom stereocenters. The van der Waals surface area contributed by atoms with Crippen LogP contribution < -0.4 is 14.2 Å². The van der Waals surface area contributed by atoms with Crippen molar-refractivity contribution in [2.24, 2.45) is 0 Å². The van der Waals surface area contributed by atoms with E-state index < -0.39 is 0 Å². The molecule has 1 aromatic heterocycles. The first-order valence-corrected chi connectivity index (χ1v) is 8.08. The molecule has 0 fully saturated rings. The molecule has 6 nitrogen and oxygen atoms in total. The second kappa shape index (κ2) is 8.89. The molecule has 8 heteroatoms. The van der Waals surface area contributed by atoms with Crippen molar-refractivity contribution in [3.8, 4) is 17.2 Å². The number of carbonyl (C=O) groups excluding carboxylic acids is 1. The Labute approximate surface area is 155 Å². The van der Waals surface area contributed by atoms with Gasteiger partial charge < -0.3 is 19.3 Å². The zero-order valence-electron chi connectivity index (χ0n) is 13.7. The summed E-state index contributed by atoms with van der Waals surface area (Å²) in [6.07, 6.45) is 2.81. The summed E-state index contributed by atoms with van der Waals surface area (Å²) in [6, 6.07) is 3.17. The van der Waals surface area contributed by atoms with E-state index in [0.717, 1.165) is 0 Å². The Morgan fingerprint density at radius 3 is 2.36 bits per heavy atom. The molecule has 0 saturated carbocycles. The molecule has 0 amide bonds. The fourth-order valence-electron chi connectivity index (χ4n) is 2.27. The summed E-state index contributed by atoms with van der Waals surface area (Å²) in [6.45, 7) is -0.212. The summed E-state index contributed by atoms with van der Waals surface area (Å²) < 4.78 is 16.0. The SMILES string of the molecule is COc1ccc(C(=O)Cc2c(Cl)cncc2Cl)c(OCCO)c1OC. The Balaban J connectivity index is 2.44. The second-order valence-corrected chi connectivity index (χ2v) is 5.75. The lowest BCUT2D eigenvalue weighted by atomic mass is 10.0. The molecule has 134 valence electrons. The van der Waals surface area contributed by atoms with Gasteiger partial charge in [-0.25, -0.2) is 0 Å². The van der Waals surface area contributed by atoms with Crippen molar-refractivity contribution < 1.29 is 24.1 Å². The van der Waals surface area contributed by atoms with Crippen LogP contribution in [-0.4, -0.2) is 43.3 Å². The maximum absolute atomic E-state index is 12.8. The van der Waals surface area contributed by atoms with Gasteiger partial charge in [0.25, 0.3) is 0 Å². The third-order valence-corrected chi connectivity index (χ3v) is 4.08. The van der Waals surface area contributed by atoms with E-state index >= 15 is 0 Å². The summed E-state index contributed by atoms with van der Waals surface area (Å²) in [4.78, 5) is 16.7. The quantitative estimate of drug-likeness (QED) is 0.702. The molecular formula is C17H17Cl2NO5. The number of ketones is 1. The number of aliphatic hydroxyl groups is 1. The van der Waals surface area contributed by atoms with Gasteiger partial charge in [0.1, 0.15) is 6.61 Å². The number of pyridine rings is 1. The first kappa shape index (κ1) is 19.3. The third-order valence-electron chi connectivity index (χ3n) is 3.43. The van der Waals surface area contributed by atoms with Crippen molar-refractivity contribution in [3.05, 3.63) is 45.7 Å². The minimum atomic E-state index is -0.274. The lowest BCUT2D eigenvalue weighted by Crippen LogP contribution is -2.11. The zero-order valence-corrected chi connectivity index (χ0v) is 15.2. The molecule has 25 heavy (non-hydrogen) atoms. The maximum Gasteiger partial charge on any atom is 0.204 e. The van der Waals surface area contributed by atoms with Gasteiger partial charge in [-0.05, 0) is 12.1 Å². The van der Waals surface area contributed by atoms with E-state index in [1.165, 1.54) is 26.6 Å². The van der Waals surface area contributed by atoms with Crippen molar-refractivity contribution in [2.75, 3.05) is 27.4 Å². The highest BCUT2D eigenvalue weighted by molar-refractivity contribution is 6.36. The molecule has 2 aromatic rings. The number of Topliss-reactive ketones (excluding diaryl/α,β-unsaturated/α-hetero) is 1. The fourth-order valence-corrected chi connectivity index (χ4v) is 2.77. The lowest BCUT2D eigenvalue weighted by molar-refractivity contribution is 0.0986. The highest BCUT2D eigenvalue weighted by Crippen LogP contribution is 2.40. The summed E-state index contributed by atoms with van der Waals surface area (Å²) in [5, 5.41) is 9.64. The molecule has 0 aliphatic rings. The highest BCUT2D eigenvalue weighted by atomic mass is 35.5. The van der Waals surface area contributed by atoms with Crippen LogP contribution in [0.5, 0.6) is 17.2 Å². The first-order valence-electron chi connectivity index (χ1n) is 7.33. The predicted octanol–water partition coefficient (Wildman–Crippen LogP) is 3.20. The molecule has 0 aliphatic heterocycles. The molecule has 2 rings (SSSR count). The van der Waals surface area contributed by atoms with Crippen LogP contribution in [0.25, 0.3) is 0 Å². The molecule has 0 saturated heterocycles. The Morgan fingerprint density at radius 2 is 1.80 bits per heavy atom.